The molecular formula is C16H22N4S. The van der Waals surface area contributed by atoms with Crippen LogP contribution in [-0.2, 0) is 25.8 Å². The summed E-state index contributed by atoms with van der Waals surface area (Å²) in [6, 6.07) is 0. The van der Waals surface area contributed by atoms with E-state index in [1.54, 1.807) is 11.3 Å². The van der Waals surface area contributed by atoms with Crippen molar-refractivity contribution >= 4 is 17.2 Å². The SMILES string of the molecule is CCc1cnc(CN(C)c2nc(C)nc3c2CCCC3)s1. The molecule has 1 aliphatic carbocycles. The van der Waals surface area contributed by atoms with Crippen LogP contribution in [0.4, 0.5) is 5.82 Å². The minimum absolute atomic E-state index is 0.827. The molecule has 0 N–H and O–H groups in total. The average Bonchev–Trinajstić information content (AvgIpc) is 2.94. The van der Waals surface area contributed by atoms with Crippen molar-refractivity contribution in [1.82, 2.24) is 15.0 Å². The Kier molecular flexibility index (Phi) is 4.19. The average molecular weight is 302 g/mol. The summed E-state index contributed by atoms with van der Waals surface area (Å²) in [5.74, 6) is 1.98. The van der Waals surface area contributed by atoms with Gasteiger partial charge in [0, 0.05) is 29.4 Å². The topological polar surface area (TPSA) is 41.9 Å². The molecule has 0 bridgehead atoms. The number of hydrogen-bond acceptors (Lipinski definition) is 5. The molecule has 1 aliphatic rings. The Morgan fingerprint density at radius 1 is 1.24 bits per heavy atom. The van der Waals surface area contributed by atoms with Crippen molar-refractivity contribution in [1.29, 1.82) is 0 Å². The Morgan fingerprint density at radius 2 is 2.05 bits per heavy atom. The second-order valence-corrected chi connectivity index (χ2v) is 6.86. The first-order chi connectivity index (χ1) is 10.2. The summed E-state index contributed by atoms with van der Waals surface area (Å²) in [6.07, 6.45) is 7.75. The van der Waals surface area contributed by atoms with Gasteiger partial charge in [-0.1, -0.05) is 6.92 Å². The van der Waals surface area contributed by atoms with E-state index >= 15 is 0 Å². The molecule has 0 unspecified atom stereocenters. The van der Waals surface area contributed by atoms with E-state index in [-0.39, 0.29) is 0 Å². The zero-order chi connectivity index (χ0) is 14.8. The summed E-state index contributed by atoms with van der Waals surface area (Å²) in [5.41, 5.74) is 2.60. The van der Waals surface area contributed by atoms with Crippen molar-refractivity contribution < 1.29 is 0 Å². The number of fused-ring (bicyclic) bond motifs is 1. The summed E-state index contributed by atoms with van der Waals surface area (Å²) in [5, 5.41) is 1.16. The molecule has 2 aromatic rings. The molecule has 0 aliphatic heterocycles. The van der Waals surface area contributed by atoms with Crippen molar-refractivity contribution in [2.45, 2.75) is 52.5 Å². The van der Waals surface area contributed by atoms with Gasteiger partial charge in [0.25, 0.3) is 0 Å². The maximum absolute atomic E-state index is 4.70. The van der Waals surface area contributed by atoms with Crippen molar-refractivity contribution in [3.63, 3.8) is 0 Å². The number of nitrogens with zero attached hydrogens (tertiary/aromatic N) is 4. The molecule has 0 radical (unpaired) electrons. The minimum atomic E-state index is 0.827. The Labute approximate surface area is 130 Å². The highest BCUT2D eigenvalue weighted by Gasteiger charge is 2.19. The summed E-state index contributed by atoms with van der Waals surface area (Å²) >= 11 is 1.80. The molecule has 5 heteroatoms. The molecule has 21 heavy (non-hydrogen) atoms. The molecule has 2 heterocycles. The van der Waals surface area contributed by atoms with E-state index in [1.807, 2.05) is 13.1 Å². The number of hydrogen-bond donors (Lipinski definition) is 0. The summed E-state index contributed by atoms with van der Waals surface area (Å²) in [6.45, 7) is 4.99. The fourth-order valence-electron chi connectivity index (χ4n) is 2.87. The van der Waals surface area contributed by atoms with Crippen molar-refractivity contribution in [3.05, 3.63) is 33.2 Å². The van der Waals surface area contributed by atoms with Gasteiger partial charge in [-0.15, -0.1) is 11.3 Å². The molecule has 4 nitrogen and oxygen atoms in total. The van der Waals surface area contributed by atoms with Gasteiger partial charge in [-0.2, -0.15) is 0 Å². The molecule has 0 saturated heterocycles. The molecule has 0 saturated carbocycles. The standard InChI is InChI=1S/C16H22N4S/c1-4-12-9-17-15(21-12)10-20(3)16-13-7-5-6-8-14(13)18-11(2)19-16/h9H,4-8,10H2,1-3H3. The number of thiazole rings is 1. The third kappa shape index (κ3) is 3.07. The molecular weight excluding hydrogens is 280 g/mol. The fraction of sp³-hybridized carbons (Fsp3) is 0.562. The predicted molar refractivity (Wildman–Crippen MR) is 87.0 cm³/mol. The molecule has 0 aromatic carbocycles. The van der Waals surface area contributed by atoms with E-state index in [0.717, 1.165) is 42.5 Å². The van der Waals surface area contributed by atoms with Gasteiger partial charge in [0.2, 0.25) is 0 Å². The van der Waals surface area contributed by atoms with E-state index in [1.165, 1.54) is 29.0 Å². The minimum Gasteiger partial charge on any atom is -0.353 e. The van der Waals surface area contributed by atoms with Crippen LogP contribution in [0.15, 0.2) is 6.20 Å². The fourth-order valence-corrected chi connectivity index (χ4v) is 3.79. The van der Waals surface area contributed by atoms with E-state index in [2.05, 4.69) is 28.8 Å². The molecule has 0 spiro atoms. The van der Waals surface area contributed by atoms with Crippen LogP contribution in [0.2, 0.25) is 0 Å². The summed E-state index contributed by atoms with van der Waals surface area (Å²) in [7, 11) is 2.11. The Balaban J connectivity index is 1.86. The van der Waals surface area contributed by atoms with Gasteiger partial charge < -0.3 is 4.90 Å². The van der Waals surface area contributed by atoms with E-state index in [4.69, 9.17) is 4.98 Å². The van der Waals surface area contributed by atoms with Gasteiger partial charge in [-0.3, -0.25) is 0 Å². The third-order valence-electron chi connectivity index (χ3n) is 3.96. The smallest absolute Gasteiger partial charge is 0.135 e. The largest absolute Gasteiger partial charge is 0.353 e. The van der Waals surface area contributed by atoms with Gasteiger partial charge in [0.1, 0.15) is 16.6 Å². The van der Waals surface area contributed by atoms with Gasteiger partial charge >= 0.3 is 0 Å². The second kappa shape index (κ2) is 6.10. The van der Waals surface area contributed by atoms with Crippen LogP contribution in [0.5, 0.6) is 0 Å². The first-order valence-corrected chi connectivity index (χ1v) is 8.50. The highest BCUT2D eigenvalue weighted by Crippen LogP contribution is 2.28. The Morgan fingerprint density at radius 3 is 2.81 bits per heavy atom. The van der Waals surface area contributed by atoms with Crippen LogP contribution < -0.4 is 4.90 Å². The van der Waals surface area contributed by atoms with Gasteiger partial charge in [-0.25, -0.2) is 15.0 Å². The second-order valence-electron chi connectivity index (χ2n) is 5.66. The summed E-state index contributed by atoms with van der Waals surface area (Å²) < 4.78 is 0. The highest BCUT2D eigenvalue weighted by molar-refractivity contribution is 7.11. The van der Waals surface area contributed by atoms with Crippen LogP contribution in [-0.4, -0.2) is 22.0 Å². The van der Waals surface area contributed by atoms with Gasteiger partial charge in [0.15, 0.2) is 0 Å². The number of rotatable bonds is 4. The van der Waals surface area contributed by atoms with Crippen LogP contribution in [0.1, 0.15) is 46.7 Å². The van der Waals surface area contributed by atoms with Crippen molar-refractivity contribution in [3.8, 4) is 0 Å². The number of aryl methyl sites for hydroxylation is 3. The third-order valence-corrected chi connectivity index (χ3v) is 5.08. The molecule has 112 valence electrons. The van der Waals surface area contributed by atoms with E-state index in [0.29, 0.717) is 0 Å². The van der Waals surface area contributed by atoms with Crippen LogP contribution in [0.25, 0.3) is 0 Å². The zero-order valence-corrected chi connectivity index (χ0v) is 13.8. The Bertz CT molecular complexity index is 635. The lowest BCUT2D eigenvalue weighted by Crippen LogP contribution is -2.22. The lowest BCUT2D eigenvalue weighted by molar-refractivity contribution is 0.653. The Hall–Kier alpha value is -1.49. The monoisotopic (exact) mass is 302 g/mol. The van der Waals surface area contributed by atoms with Crippen LogP contribution >= 0.6 is 11.3 Å². The van der Waals surface area contributed by atoms with Crippen molar-refractivity contribution in [2.24, 2.45) is 0 Å². The van der Waals surface area contributed by atoms with Gasteiger partial charge in [0.05, 0.1) is 6.54 Å². The van der Waals surface area contributed by atoms with Crippen LogP contribution in [0, 0.1) is 6.92 Å². The molecule has 3 rings (SSSR count). The van der Waals surface area contributed by atoms with E-state index in [9.17, 15) is 0 Å². The molecule has 0 fully saturated rings. The number of anilines is 1. The number of aromatic nitrogens is 3. The molecule has 0 amide bonds. The first kappa shape index (κ1) is 14.4. The maximum Gasteiger partial charge on any atom is 0.135 e. The molecule has 2 aromatic heterocycles. The molecule has 0 atom stereocenters. The first-order valence-electron chi connectivity index (χ1n) is 7.68. The van der Waals surface area contributed by atoms with Crippen molar-refractivity contribution in [2.75, 3.05) is 11.9 Å². The lowest BCUT2D eigenvalue weighted by Gasteiger charge is -2.24. The van der Waals surface area contributed by atoms with Crippen LogP contribution in [0.3, 0.4) is 0 Å². The lowest BCUT2D eigenvalue weighted by atomic mass is 9.96. The quantitative estimate of drug-likeness (QED) is 0.869. The zero-order valence-electron chi connectivity index (χ0n) is 13.0. The van der Waals surface area contributed by atoms with Gasteiger partial charge in [-0.05, 0) is 39.0 Å². The van der Waals surface area contributed by atoms with E-state index < -0.39 is 0 Å². The predicted octanol–water partition coefficient (Wildman–Crippen LogP) is 3.32. The highest BCUT2D eigenvalue weighted by atomic mass is 32.1. The summed E-state index contributed by atoms with van der Waals surface area (Å²) in [4.78, 5) is 17.4. The normalized spacial score (nSPS) is 14.0. The maximum atomic E-state index is 4.70.